The number of rotatable bonds is 5. The number of hydrogen-bond donors (Lipinski definition) is 2. The standard InChI is InChI=1S/C39H34FN7O3S/c1-23-14-31(36(42-18-23)46-21-39(22-46)9-12-50-13-10-39)37(48)44-29-5-2-24(3-6-29)38(49)47-11-8-25-16-33(26-15-27-20-43-45-35(27)41-19-26)51-34(25)30-7-4-28(40)17-32(30)47/h2-7,14-20H,8-13,21-22H2,1H3,(H,44,48)(H,41,43,45). The number of aromatic nitrogens is 4. The molecule has 2 amide bonds. The summed E-state index contributed by atoms with van der Waals surface area (Å²) in [4.78, 5) is 42.7. The van der Waals surface area contributed by atoms with Crippen LogP contribution in [0.1, 0.15) is 44.7 Å². The zero-order valence-corrected chi connectivity index (χ0v) is 28.7. The Morgan fingerprint density at radius 1 is 0.980 bits per heavy atom. The molecule has 256 valence electrons. The molecular formula is C39H34FN7O3S. The number of nitrogens with one attached hydrogen (secondary N) is 2. The Kier molecular flexibility index (Phi) is 7.66. The first-order valence-electron chi connectivity index (χ1n) is 17.1. The van der Waals surface area contributed by atoms with Crippen LogP contribution in [0.25, 0.3) is 31.9 Å². The minimum absolute atomic E-state index is 0.239. The number of pyridine rings is 2. The number of fused-ring (bicyclic) bond motifs is 4. The number of nitrogens with zero attached hydrogens (tertiary/aromatic N) is 5. The fourth-order valence-electron chi connectivity index (χ4n) is 7.51. The van der Waals surface area contributed by atoms with Crippen molar-refractivity contribution in [2.75, 3.05) is 48.0 Å². The average molecular weight is 700 g/mol. The summed E-state index contributed by atoms with van der Waals surface area (Å²) in [5.41, 5.74) is 6.80. The van der Waals surface area contributed by atoms with Gasteiger partial charge < -0.3 is 19.9 Å². The zero-order chi connectivity index (χ0) is 34.7. The van der Waals surface area contributed by atoms with Crippen LogP contribution in [-0.2, 0) is 11.2 Å². The summed E-state index contributed by atoms with van der Waals surface area (Å²) in [6, 6.07) is 17.6. The molecule has 1 spiro atoms. The number of carbonyl (C=O) groups excluding carboxylic acids is 2. The molecule has 0 aliphatic carbocycles. The number of anilines is 3. The molecule has 12 heteroatoms. The number of amides is 2. The van der Waals surface area contributed by atoms with Gasteiger partial charge in [0.05, 0.1) is 17.4 Å². The molecule has 4 aromatic heterocycles. The molecule has 7 heterocycles. The highest BCUT2D eigenvalue weighted by atomic mass is 32.1. The molecule has 0 unspecified atom stereocenters. The van der Waals surface area contributed by atoms with Crippen molar-refractivity contribution < 1.29 is 18.7 Å². The summed E-state index contributed by atoms with van der Waals surface area (Å²) >= 11 is 1.61. The molecule has 2 N–H and O–H groups in total. The van der Waals surface area contributed by atoms with E-state index in [2.05, 4.69) is 42.5 Å². The number of carbonyl (C=O) groups is 2. The minimum Gasteiger partial charge on any atom is -0.381 e. The lowest BCUT2D eigenvalue weighted by Crippen LogP contribution is -2.59. The summed E-state index contributed by atoms with van der Waals surface area (Å²) < 4.78 is 20.3. The van der Waals surface area contributed by atoms with Crippen LogP contribution < -0.4 is 15.1 Å². The maximum Gasteiger partial charge on any atom is 0.259 e. The Morgan fingerprint density at radius 3 is 2.63 bits per heavy atom. The maximum absolute atomic E-state index is 14.8. The topological polar surface area (TPSA) is 116 Å². The predicted octanol–water partition coefficient (Wildman–Crippen LogP) is 7.27. The van der Waals surface area contributed by atoms with E-state index < -0.39 is 5.82 Å². The van der Waals surface area contributed by atoms with Crippen LogP contribution in [0, 0.1) is 18.2 Å². The zero-order valence-electron chi connectivity index (χ0n) is 27.9. The number of hydrogen-bond acceptors (Lipinski definition) is 8. The van der Waals surface area contributed by atoms with E-state index in [0.29, 0.717) is 41.3 Å². The third kappa shape index (κ3) is 5.74. The van der Waals surface area contributed by atoms with Gasteiger partial charge in [-0.25, -0.2) is 14.4 Å². The summed E-state index contributed by atoms with van der Waals surface area (Å²) in [6.07, 6.45) is 8.02. The molecule has 3 aliphatic rings. The van der Waals surface area contributed by atoms with Gasteiger partial charge in [-0.3, -0.25) is 14.7 Å². The fraction of sp³-hybridized carbons (Fsp3) is 0.256. The third-order valence-electron chi connectivity index (χ3n) is 10.3. The van der Waals surface area contributed by atoms with Gasteiger partial charge in [0.2, 0.25) is 0 Å². The first-order valence-corrected chi connectivity index (χ1v) is 17.9. The van der Waals surface area contributed by atoms with Crippen molar-refractivity contribution in [1.29, 1.82) is 0 Å². The molecule has 2 aromatic carbocycles. The van der Waals surface area contributed by atoms with Crippen LogP contribution >= 0.6 is 11.3 Å². The first-order chi connectivity index (χ1) is 24.8. The van der Waals surface area contributed by atoms with Crippen LogP contribution in [0.2, 0.25) is 0 Å². The van der Waals surface area contributed by atoms with Crippen molar-refractivity contribution in [1.82, 2.24) is 20.2 Å². The highest BCUT2D eigenvalue weighted by Crippen LogP contribution is 2.45. The predicted molar refractivity (Wildman–Crippen MR) is 196 cm³/mol. The van der Waals surface area contributed by atoms with Crippen molar-refractivity contribution in [3.63, 3.8) is 0 Å². The summed E-state index contributed by atoms with van der Waals surface area (Å²) in [5.74, 6) is -0.221. The van der Waals surface area contributed by atoms with Gasteiger partial charge in [-0.1, -0.05) is 0 Å². The Morgan fingerprint density at radius 2 is 1.80 bits per heavy atom. The van der Waals surface area contributed by atoms with Crippen LogP contribution in [0.4, 0.5) is 21.6 Å². The van der Waals surface area contributed by atoms with E-state index in [1.807, 2.05) is 19.2 Å². The maximum atomic E-state index is 14.8. The third-order valence-corrected chi connectivity index (χ3v) is 11.5. The van der Waals surface area contributed by atoms with Crippen molar-refractivity contribution in [2.45, 2.75) is 26.2 Å². The minimum atomic E-state index is -0.411. The largest absolute Gasteiger partial charge is 0.381 e. The molecule has 0 bridgehead atoms. The lowest BCUT2D eigenvalue weighted by molar-refractivity contribution is -0.000510. The Labute approximate surface area is 297 Å². The van der Waals surface area contributed by atoms with Crippen molar-refractivity contribution >= 4 is 51.4 Å². The first kappa shape index (κ1) is 31.5. The molecule has 0 saturated carbocycles. The monoisotopic (exact) mass is 699 g/mol. The number of H-pyrrole nitrogens is 1. The number of halogens is 1. The number of ether oxygens (including phenoxy) is 1. The molecule has 6 aromatic rings. The number of aryl methyl sites for hydroxylation is 1. The highest BCUT2D eigenvalue weighted by Gasteiger charge is 2.45. The van der Waals surface area contributed by atoms with E-state index in [1.165, 1.54) is 12.1 Å². The SMILES string of the molecule is Cc1cnc(N2CC3(CCOCC3)C2)c(C(=O)Nc2ccc(C(=O)N3CCc4cc(-c5cnc6[nH]ncc6c5)sc4-c4ccc(F)cc43)cc2)c1. The van der Waals surface area contributed by atoms with Gasteiger partial charge in [-0.2, -0.15) is 5.10 Å². The van der Waals surface area contributed by atoms with E-state index in [-0.39, 0.29) is 17.2 Å². The van der Waals surface area contributed by atoms with Gasteiger partial charge in [-0.15, -0.1) is 11.3 Å². The summed E-state index contributed by atoms with van der Waals surface area (Å²) in [6.45, 7) is 5.59. The van der Waals surface area contributed by atoms with Crippen molar-refractivity contribution in [3.8, 4) is 20.9 Å². The van der Waals surface area contributed by atoms with E-state index >= 15 is 0 Å². The lowest BCUT2D eigenvalue weighted by atomic mass is 9.73. The molecular weight excluding hydrogens is 666 g/mol. The molecule has 51 heavy (non-hydrogen) atoms. The number of thiophene rings is 1. The van der Waals surface area contributed by atoms with E-state index in [0.717, 1.165) is 82.2 Å². The number of aromatic amines is 1. The summed E-state index contributed by atoms with van der Waals surface area (Å²) in [7, 11) is 0. The molecule has 10 nitrogen and oxygen atoms in total. The van der Waals surface area contributed by atoms with Crippen molar-refractivity contribution in [3.05, 3.63) is 107 Å². The van der Waals surface area contributed by atoms with Crippen LogP contribution in [0.15, 0.2) is 79.3 Å². The summed E-state index contributed by atoms with van der Waals surface area (Å²) in [5, 5.41) is 10.9. The highest BCUT2D eigenvalue weighted by molar-refractivity contribution is 7.19. The molecule has 2 saturated heterocycles. The van der Waals surface area contributed by atoms with E-state index in [4.69, 9.17) is 4.74 Å². The van der Waals surface area contributed by atoms with E-state index in [1.54, 1.807) is 59.0 Å². The number of benzene rings is 2. The average Bonchev–Trinajstić information content (AvgIpc) is 3.75. The molecule has 0 radical (unpaired) electrons. The molecule has 9 rings (SSSR count). The van der Waals surface area contributed by atoms with Crippen LogP contribution in [0.5, 0.6) is 0 Å². The van der Waals surface area contributed by atoms with Gasteiger partial charge >= 0.3 is 0 Å². The molecule has 3 aliphatic heterocycles. The van der Waals surface area contributed by atoms with Crippen LogP contribution in [0.3, 0.4) is 0 Å². The van der Waals surface area contributed by atoms with Gasteiger partial charge in [0.15, 0.2) is 5.65 Å². The molecule has 2 fully saturated rings. The second kappa shape index (κ2) is 12.4. The quantitative estimate of drug-likeness (QED) is 0.195. The Hall–Kier alpha value is -5.46. The molecule has 0 atom stereocenters. The Bertz CT molecular complexity index is 2320. The van der Waals surface area contributed by atoms with Crippen LogP contribution in [-0.4, -0.2) is 64.8 Å². The van der Waals surface area contributed by atoms with Gasteiger partial charge in [0, 0.05) is 88.2 Å². The van der Waals surface area contributed by atoms with Gasteiger partial charge in [0.25, 0.3) is 11.8 Å². The van der Waals surface area contributed by atoms with Crippen molar-refractivity contribution in [2.24, 2.45) is 5.41 Å². The fourth-order valence-corrected chi connectivity index (χ4v) is 8.73. The smallest absolute Gasteiger partial charge is 0.259 e. The second-order valence-corrected chi connectivity index (χ2v) is 14.8. The normalized spacial score (nSPS) is 16.4. The van der Waals surface area contributed by atoms with Gasteiger partial charge in [0.1, 0.15) is 11.6 Å². The second-order valence-electron chi connectivity index (χ2n) is 13.7. The van der Waals surface area contributed by atoms with E-state index in [9.17, 15) is 14.0 Å². The lowest BCUT2D eigenvalue weighted by Gasteiger charge is -2.53. The Balaban J connectivity index is 0.939. The van der Waals surface area contributed by atoms with Gasteiger partial charge in [-0.05, 0) is 98.0 Å².